The first-order chi connectivity index (χ1) is 14.2. The van der Waals surface area contributed by atoms with Crippen molar-refractivity contribution in [3.63, 3.8) is 0 Å². The Morgan fingerprint density at radius 1 is 1.10 bits per heavy atom. The zero-order valence-corrected chi connectivity index (χ0v) is 17.5. The van der Waals surface area contributed by atoms with Gasteiger partial charge in [0.1, 0.15) is 23.4 Å². The van der Waals surface area contributed by atoms with Crippen molar-refractivity contribution in [1.29, 1.82) is 0 Å². The Labute approximate surface area is 175 Å². The summed E-state index contributed by atoms with van der Waals surface area (Å²) >= 11 is 0. The lowest BCUT2D eigenvalue weighted by Gasteiger charge is -2.19. The minimum atomic E-state index is -0.622. The molecule has 0 fully saturated rings. The van der Waals surface area contributed by atoms with Crippen LogP contribution >= 0.6 is 0 Å². The van der Waals surface area contributed by atoms with E-state index in [9.17, 15) is 14.7 Å². The average molecular weight is 407 g/mol. The molecule has 0 aliphatic heterocycles. The topological polar surface area (TPSA) is 101 Å². The summed E-state index contributed by atoms with van der Waals surface area (Å²) in [5.74, 6) is -1.42. The summed E-state index contributed by atoms with van der Waals surface area (Å²) in [5, 5.41) is 12.6. The van der Waals surface area contributed by atoms with Gasteiger partial charge in [0.15, 0.2) is 0 Å². The van der Waals surface area contributed by atoms with Gasteiger partial charge in [-0.15, -0.1) is 0 Å². The number of hydrogen-bond donors (Lipinski definition) is 2. The predicted octanol–water partition coefficient (Wildman–Crippen LogP) is 3.59. The number of phenols is 1. The van der Waals surface area contributed by atoms with E-state index >= 15 is 0 Å². The Hall–Kier alpha value is -3.48. The highest BCUT2D eigenvalue weighted by molar-refractivity contribution is 6.08. The molecule has 156 valence electrons. The number of benzene rings is 2. The van der Waals surface area contributed by atoms with E-state index in [1.165, 1.54) is 11.6 Å². The van der Waals surface area contributed by atoms with E-state index in [2.05, 4.69) is 48.2 Å². The fourth-order valence-corrected chi connectivity index (χ4v) is 3.03. The SMILES string of the molecule is CCOC(=O)CNC(=O)c1c(O)ccc2nc(-c3ccc(C(C)(C)C)cc3)cnc12. The first kappa shape index (κ1) is 21.2. The van der Waals surface area contributed by atoms with Gasteiger partial charge in [0.05, 0.1) is 24.0 Å². The summed E-state index contributed by atoms with van der Waals surface area (Å²) in [5.41, 5.74) is 3.52. The van der Waals surface area contributed by atoms with Gasteiger partial charge < -0.3 is 15.2 Å². The molecule has 0 saturated heterocycles. The van der Waals surface area contributed by atoms with Gasteiger partial charge in [-0.25, -0.2) is 4.98 Å². The highest BCUT2D eigenvalue weighted by Crippen LogP contribution is 2.28. The molecule has 0 radical (unpaired) electrons. The van der Waals surface area contributed by atoms with Crippen LogP contribution in [0.1, 0.15) is 43.6 Å². The van der Waals surface area contributed by atoms with Crippen molar-refractivity contribution in [2.24, 2.45) is 0 Å². The lowest BCUT2D eigenvalue weighted by Crippen LogP contribution is -2.31. The largest absolute Gasteiger partial charge is 0.507 e. The molecule has 30 heavy (non-hydrogen) atoms. The van der Waals surface area contributed by atoms with Gasteiger partial charge in [-0.3, -0.25) is 14.6 Å². The minimum absolute atomic E-state index is 0.0288. The van der Waals surface area contributed by atoms with Crippen molar-refractivity contribution in [1.82, 2.24) is 15.3 Å². The standard InChI is InChI=1S/C23H25N3O4/c1-5-30-19(28)13-25-22(29)20-18(27)11-10-16-21(20)24-12-17(26-16)14-6-8-15(9-7-14)23(2,3)4/h6-12,27H,5,13H2,1-4H3,(H,25,29). The number of rotatable bonds is 5. The minimum Gasteiger partial charge on any atom is -0.507 e. The lowest BCUT2D eigenvalue weighted by molar-refractivity contribution is -0.141. The fourth-order valence-electron chi connectivity index (χ4n) is 3.03. The molecule has 0 aliphatic rings. The van der Waals surface area contributed by atoms with E-state index in [0.717, 1.165) is 5.56 Å². The molecule has 7 nitrogen and oxygen atoms in total. The zero-order chi connectivity index (χ0) is 21.9. The van der Waals surface area contributed by atoms with Crippen molar-refractivity contribution >= 4 is 22.9 Å². The fraction of sp³-hybridized carbons (Fsp3) is 0.304. The van der Waals surface area contributed by atoms with Crippen molar-refractivity contribution < 1.29 is 19.4 Å². The number of aromatic hydroxyl groups is 1. The first-order valence-corrected chi connectivity index (χ1v) is 9.74. The van der Waals surface area contributed by atoms with E-state index < -0.39 is 11.9 Å². The third-order valence-electron chi connectivity index (χ3n) is 4.66. The van der Waals surface area contributed by atoms with Crippen molar-refractivity contribution in [3.8, 4) is 17.0 Å². The number of ether oxygens (including phenoxy) is 1. The Morgan fingerprint density at radius 2 is 1.80 bits per heavy atom. The maximum Gasteiger partial charge on any atom is 0.325 e. The molecule has 0 unspecified atom stereocenters. The summed E-state index contributed by atoms with van der Waals surface area (Å²) in [6, 6.07) is 11.1. The smallest absolute Gasteiger partial charge is 0.325 e. The van der Waals surface area contributed by atoms with E-state index in [1.807, 2.05) is 12.1 Å². The predicted molar refractivity (Wildman–Crippen MR) is 114 cm³/mol. The molecule has 2 N–H and O–H groups in total. The van der Waals surface area contributed by atoms with Crippen LogP contribution < -0.4 is 5.32 Å². The number of nitrogens with zero attached hydrogens (tertiary/aromatic N) is 2. The van der Waals surface area contributed by atoms with Gasteiger partial charge in [-0.2, -0.15) is 0 Å². The molecule has 0 saturated carbocycles. The van der Waals surface area contributed by atoms with Crippen LogP contribution in [0, 0.1) is 0 Å². The molecule has 7 heteroatoms. The summed E-state index contributed by atoms with van der Waals surface area (Å²) in [4.78, 5) is 33.0. The number of phenolic OH excluding ortho intramolecular Hbond substituents is 1. The van der Waals surface area contributed by atoms with Gasteiger partial charge in [0, 0.05) is 5.56 Å². The molecule has 1 heterocycles. The summed E-state index contributed by atoms with van der Waals surface area (Å²) in [6.07, 6.45) is 1.57. The van der Waals surface area contributed by atoms with Crippen LogP contribution in [-0.2, 0) is 14.9 Å². The maximum atomic E-state index is 12.5. The molecule has 0 spiro atoms. The highest BCUT2D eigenvalue weighted by atomic mass is 16.5. The van der Waals surface area contributed by atoms with Gasteiger partial charge in [0.25, 0.3) is 5.91 Å². The first-order valence-electron chi connectivity index (χ1n) is 9.74. The Bertz CT molecular complexity index is 1090. The van der Waals surface area contributed by atoms with E-state index in [1.54, 1.807) is 19.2 Å². The molecule has 3 aromatic rings. The number of aromatic nitrogens is 2. The summed E-state index contributed by atoms with van der Waals surface area (Å²) in [7, 11) is 0. The number of esters is 1. The highest BCUT2D eigenvalue weighted by Gasteiger charge is 2.19. The van der Waals surface area contributed by atoms with E-state index in [4.69, 9.17) is 4.74 Å². The van der Waals surface area contributed by atoms with Crippen LogP contribution in [0.25, 0.3) is 22.3 Å². The third kappa shape index (κ3) is 4.56. The second-order valence-electron chi connectivity index (χ2n) is 7.90. The van der Waals surface area contributed by atoms with Gasteiger partial charge in [-0.1, -0.05) is 45.0 Å². The van der Waals surface area contributed by atoms with Crippen LogP contribution in [0.5, 0.6) is 5.75 Å². The Morgan fingerprint density at radius 3 is 2.43 bits per heavy atom. The molecule has 0 bridgehead atoms. The Kier molecular flexibility index (Phi) is 6.01. The molecule has 2 aromatic carbocycles. The number of nitrogens with one attached hydrogen (secondary N) is 1. The van der Waals surface area contributed by atoms with Crippen molar-refractivity contribution in [2.45, 2.75) is 33.1 Å². The van der Waals surface area contributed by atoms with Gasteiger partial charge >= 0.3 is 5.97 Å². The Balaban J connectivity index is 1.92. The summed E-state index contributed by atoms with van der Waals surface area (Å²) in [6.45, 7) is 8.06. The number of carbonyl (C=O) groups is 2. The zero-order valence-electron chi connectivity index (χ0n) is 17.5. The van der Waals surface area contributed by atoms with Crippen LogP contribution in [0.2, 0.25) is 0 Å². The summed E-state index contributed by atoms with van der Waals surface area (Å²) < 4.78 is 4.80. The third-order valence-corrected chi connectivity index (χ3v) is 4.66. The maximum absolute atomic E-state index is 12.5. The lowest BCUT2D eigenvalue weighted by atomic mass is 9.86. The van der Waals surface area contributed by atoms with Crippen LogP contribution in [-0.4, -0.2) is 40.1 Å². The second kappa shape index (κ2) is 8.49. The average Bonchev–Trinajstić information content (AvgIpc) is 2.71. The number of fused-ring (bicyclic) bond motifs is 1. The van der Waals surface area contributed by atoms with Crippen LogP contribution in [0.15, 0.2) is 42.6 Å². The second-order valence-corrected chi connectivity index (χ2v) is 7.90. The van der Waals surface area contributed by atoms with Crippen molar-refractivity contribution in [3.05, 3.63) is 53.7 Å². The van der Waals surface area contributed by atoms with Crippen LogP contribution in [0.4, 0.5) is 0 Å². The van der Waals surface area contributed by atoms with Gasteiger partial charge in [-0.05, 0) is 30.0 Å². The normalized spacial score (nSPS) is 11.3. The number of hydrogen-bond acceptors (Lipinski definition) is 6. The van der Waals surface area contributed by atoms with E-state index in [0.29, 0.717) is 11.2 Å². The molecule has 0 atom stereocenters. The molecule has 3 rings (SSSR count). The van der Waals surface area contributed by atoms with Crippen molar-refractivity contribution in [2.75, 3.05) is 13.2 Å². The quantitative estimate of drug-likeness (QED) is 0.627. The van der Waals surface area contributed by atoms with E-state index in [-0.39, 0.29) is 35.4 Å². The number of carbonyl (C=O) groups excluding carboxylic acids is 2. The molecular weight excluding hydrogens is 382 g/mol. The molecular formula is C23H25N3O4. The molecule has 1 aromatic heterocycles. The monoisotopic (exact) mass is 407 g/mol. The van der Waals surface area contributed by atoms with Gasteiger partial charge in [0.2, 0.25) is 0 Å². The number of amides is 1. The molecule has 1 amide bonds. The van der Waals surface area contributed by atoms with Crippen LogP contribution in [0.3, 0.4) is 0 Å². The molecule has 0 aliphatic carbocycles.